The van der Waals surface area contributed by atoms with Gasteiger partial charge in [-0.15, -0.1) is 0 Å². The zero-order chi connectivity index (χ0) is 16.6. The first-order valence-corrected chi connectivity index (χ1v) is 8.76. The lowest BCUT2D eigenvalue weighted by atomic mass is 10.1. The molecule has 0 N–H and O–H groups in total. The summed E-state index contributed by atoms with van der Waals surface area (Å²) in [7, 11) is 0. The molecular weight excluding hydrogens is 302 g/mol. The predicted molar refractivity (Wildman–Crippen MR) is 94.2 cm³/mol. The van der Waals surface area contributed by atoms with Gasteiger partial charge in [-0.1, -0.05) is 18.6 Å². The van der Waals surface area contributed by atoms with Crippen LogP contribution in [0.2, 0.25) is 0 Å². The van der Waals surface area contributed by atoms with E-state index in [-0.39, 0.29) is 5.56 Å². The second kappa shape index (κ2) is 8.64. The highest BCUT2D eigenvalue weighted by Crippen LogP contribution is 2.17. The summed E-state index contributed by atoms with van der Waals surface area (Å²) in [6, 6.07) is 9.88. The Hall–Kier alpha value is -2.14. The molecule has 128 valence electrons. The quantitative estimate of drug-likeness (QED) is 0.734. The molecule has 0 saturated carbocycles. The van der Waals surface area contributed by atoms with E-state index >= 15 is 0 Å². The standard InChI is InChI=1S/C19H25N3O2/c23-19-8-12-22(16-20-19)11-5-13-24-18-7-4-6-17(14-18)15-21-9-2-1-3-10-21/h4,6-8,12,14,16H,1-3,5,9-11,13,15H2. The molecule has 24 heavy (non-hydrogen) atoms. The van der Waals surface area contributed by atoms with Gasteiger partial charge in [-0.05, 0) is 50.0 Å². The van der Waals surface area contributed by atoms with Crippen LogP contribution in [0.5, 0.6) is 5.75 Å². The summed E-state index contributed by atoms with van der Waals surface area (Å²) in [5.41, 5.74) is 1.12. The third-order valence-corrected chi connectivity index (χ3v) is 4.32. The molecule has 1 aliphatic rings. The molecule has 1 aromatic carbocycles. The maximum absolute atomic E-state index is 11.0. The van der Waals surface area contributed by atoms with Crippen molar-refractivity contribution in [2.24, 2.45) is 0 Å². The summed E-state index contributed by atoms with van der Waals surface area (Å²) >= 11 is 0. The third-order valence-electron chi connectivity index (χ3n) is 4.32. The first kappa shape index (κ1) is 16.7. The molecule has 2 heterocycles. The van der Waals surface area contributed by atoms with Crippen LogP contribution in [0.3, 0.4) is 0 Å². The molecule has 1 fully saturated rings. The number of piperidine rings is 1. The molecule has 0 atom stereocenters. The number of aryl methyl sites for hydroxylation is 1. The van der Waals surface area contributed by atoms with Crippen LogP contribution in [-0.4, -0.2) is 34.1 Å². The first-order chi connectivity index (χ1) is 11.8. The van der Waals surface area contributed by atoms with Crippen molar-refractivity contribution in [2.45, 2.75) is 38.8 Å². The smallest absolute Gasteiger partial charge is 0.272 e. The Kier molecular flexibility index (Phi) is 6.01. The van der Waals surface area contributed by atoms with Gasteiger partial charge in [0.1, 0.15) is 5.75 Å². The van der Waals surface area contributed by atoms with Gasteiger partial charge in [0.2, 0.25) is 0 Å². The number of benzene rings is 1. The Morgan fingerprint density at radius 2 is 2.00 bits per heavy atom. The van der Waals surface area contributed by atoms with E-state index < -0.39 is 0 Å². The van der Waals surface area contributed by atoms with Gasteiger partial charge in [0.15, 0.2) is 0 Å². The number of hydrogen-bond donors (Lipinski definition) is 0. The molecule has 1 saturated heterocycles. The van der Waals surface area contributed by atoms with E-state index in [1.165, 1.54) is 44.0 Å². The highest BCUT2D eigenvalue weighted by atomic mass is 16.5. The predicted octanol–water partition coefficient (Wildman–Crippen LogP) is 2.70. The lowest BCUT2D eigenvalue weighted by Crippen LogP contribution is -2.29. The minimum Gasteiger partial charge on any atom is -0.494 e. The first-order valence-electron chi connectivity index (χ1n) is 8.76. The summed E-state index contributed by atoms with van der Waals surface area (Å²) in [5, 5.41) is 0. The molecule has 2 aromatic rings. The second-order valence-corrected chi connectivity index (χ2v) is 6.32. The molecule has 0 unspecified atom stereocenters. The zero-order valence-electron chi connectivity index (χ0n) is 14.1. The highest BCUT2D eigenvalue weighted by Gasteiger charge is 2.10. The number of nitrogens with zero attached hydrogens (tertiary/aromatic N) is 3. The van der Waals surface area contributed by atoms with Gasteiger partial charge < -0.3 is 9.30 Å². The van der Waals surface area contributed by atoms with E-state index in [9.17, 15) is 4.79 Å². The average Bonchev–Trinajstić information content (AvgIpc) is 2.61. The third kappa shape index (κ3) is 5.20. The van der Waals surface area contributed by atoms with Gasteiger partial charge in [-0.25, -0.2) is 0 Å². The summed E-state index contributed by atoms with van der Waals surface area (Å²) < 4.78 is 7.77. The Morgan fingerprint density at radius 1 is 1.12 bits per heavy atom. The largest absolute Gasteiger partial charge is 0.494 e. The fraction of sp³-hybridized carbons (Fsp3) is 0.474. The zero-order valence-corrected chi connectivity index (χ0v) is 14.1. The maximum Gasteiger partial charge on any atom is 0.272 e. The van der Waals surface area contributed by atoms with E-state index in [0.29, 0.717) is 6.61 Å². The number of likely N-dealkylation sites (tertiary alicyclic amines) is 1. The molecular formula is C19H25N3O2. The van der Waals surface area contributed by atoms with Crippen LogP contribution in [0.25, 0.3) is 0 Å². The van der Waals surface area contributed by atoms with Crippen molar-refractivity contribution in [3.63, 3.8) is 0 Å². The molecule has 0 radical (unpaired) electrons. The Balaban J connectivity index is 1.44. The molecule has 0 spiro atoms. The fourth-order valence-corrected chi connectivity index (χ4v) is 3.05. The minimum atomic E-state index is -0.201. The van der Waals surface area contributed by atoms with Crippen LogP contribution in [0.4, 0.5) is 0 Å². The molecule has 0 aliphatic carbocycles. The molecule has 1 aliphatic heterocycles. The molecule has 1 aromatic heterocycles. The maximum atomic E-state index is 11.0. The lowest BCUT2D eigenvalue weighted by molar-refractivity contribution is 0.220. The van der Waals surface area contributed by atoms with Crippen LogP contribution in [0.15, 0.2) is 47.7 Å². The normalized spacial score (nSPS) is 15.3. The van der Waals surface area contributed by atoms with Gasteiger partial charge in [-0.2, -0.15) is 4.98 Å². The monoisotopic (exact) mass is 327 g/mol. The lowest BCUT2D eigenvalue weighted by Gasteiger charge is -2.26. The van der Waals surface area contributed by atoms with E-state index in [1.54, 1.807) is 12.5 Å². The van der Waals surface area contributed by atoms with Crippen LogP contribution in [-0.2, 0) is 13.1 Å². The Bertz CT molecular complexity index is 673. The van der Waals surface area contributed by atoms with Crippen molar-refractivity contribution >= 4 is 0 Å². The number of hydrogen-bond acceptors (Lipinski definition) is 4. The minimum absolute atomic E-state index is 0.201. The highest BCUT2D eigenvalue weighted by molar-refractivity contribution is 5.28. The summed E-state index contributed by atoms with van der Waals surface area (Å²) in [6.45, 7) is 4.87. The van der Waals surface area contributed by atoms with Crippen LogP contribution >= 0.6 is 0 Å². The van der Waals surface area contributed by atoms with Gasteiger partial charge in [-0.3, -0.25) is 9.69 Å². The topological polar surface area (TPSA) is 47.4 Å². The average molecular weight is 327 g/mol. The van der Waals surface area contributed by atoms with Crippen molar-refractivity contribution in [2.75, 3.05) is 19.7 Å². The molecule has 5 nitrogen and oxygen atoms in total. The number of ether oxygens (including phenoxy) is 1. The van der Waals surface area contributed by atoms with Crippen molar-refractivity contribution in [1.82, 2.24) is 14.5 Å². The van der Waals surface area contributed by atoms with Crippen LogP contribution in [0.1, 0.15) is 31.2 Å². The van der Waals surface area contributed by atoms with E-state index in [1.807, 2.05) is 10.6 Å². The van der Waals surface area contributed by atoms with E-state index in [4.69, 9.17) is 4.74 Å². The Labute approximate surface area is 142 Å². The summed E-state index contributed by atoms with van der Waals surface area (Å²) in [5.74, 6) is 0.933. The van der Waals surface area contributed by atoms with Gasteiger partial charge >= 0.3 is 0 Å². The van der Waals surface area contributed by atoms with Gasteiger partial charge in [0.05, 0.1) is 12.9 Å². The second-order valence-electron chi connectivity index (χ2n) is 6.32. The fourth-order valence-electron chi connectivity index (χ4n) is 3.05. The number of rotatable bonds is 7. The molecule has 3 rings (SSSR count). The van der Waals surface area contributed by atoms with E-state index in [0.717, 1.165) is 25.3 Å². The number of aromatic nitrogens is 2. The van der Waals surface area contributed by atoms with Crippen molar-refractivity contribution in [3.8, 4) is 5.75 Å². The SMILES string of the molecule is O=c1ccn(CCCOc2cccc(CN3CCCCC3)c2)cn1. The van der Waals surface area contributed by atoms with Gasteiger partial charge in [0, 0.05) is 25.4 Å². The summed E-state index contributed by atoms with van der Waals surface area (Å²) in [4.78, 5) is 17.2. The van der Waals surface area contributed by atoms with Crippen LogP contribution < -0.4 is 10.3 Å². The van der Waals surface area contributed by atoms with Crippen LogP contribution in [0, 0.1) is 0 Å². The van der Waals surface area contributed by atoms with Crippen molar-refractivity contribution in [1.29, 1.82) is 0 Å². The molecule has 0 bridgehead atoms. The molecule has 5 heteroatoms. The molecule has 0 amide bonds. The van der Waals surface area contributed by atoms with Crippen molar-refractivity contribution in [3.05, 3.63) is 58.8 Å². The Morgan fingerprint density at radius 3 is 2.79 bits per heavy atom. The van der Waals surface area contributed by atoms with E-state index in [2.05, 4.69) is 28.1 Å². The van der Waals surface area contributed by atoms with Gasteiger partial charge in [0.25, 0.3) is 5.56 Å². The summed E-state index contributed by atoms with van der Waals surface area (Å²) in [6.07, 6.45) is 8.20. The van der Waals surface area contributed by atoms with Crippen molar-refractivity contribution < 1.29 is 4.74 Å².